The molecule has 7 heteroatoms. The Morgan fingerprint density at radius 1 is 0.826 bits per heavy atom. The molecule has 5 rings (SSSR count). The Bertz CT molecular complexity index is 1610. The molecule has 3 aromatic carbocycles. The lowest BCUT2D eigenvalue weighted by Gasteiger charge is -2.32. The number of carbonyl (C=O) groups is 2. The van der Waals surface area contributed by atoms with E-state index in [9.17, 15) is 14.9 Å². The molecular weight excluding hydrogens is 574 g/mol. The Balaban J connectivity index is 1.14. The van der Waals surface area contributed by atoms with Crippen LogP contribution in [0, 0.1) is 11.3 Å². The lowest BCUT2D eigenvalue weighted by Crippen LogP contribution is -2.41. The highest BCUT2D eigenvalue weighted by atomic mass is 16.5. The van der Waals surface area contributed by atoms with Gasteiger partial charge in [0.05, 0.1) is 11.6 Å². The quantitative estimate of drug-likeness (QED) is 0.251. The van der Waals surface area contributed by atoms with Crippen LogP contribution in [-0.4, -0.2) is 60.0 Å². The number of nitrogens with zero attached hydrogens (tertiary/aromatic N) is 3. The molecule has 2 heterocycles. The molecule has 0 radical (unpaired) electrons. The topological polar surface area (TPSA) is 82.9 Å². The number of hydrogen-bond donors (Lipinski definition) is 0. The summed E-state index contributed by atoms with van der Waals surface area (Å²) >= 11 is 0. The zero-order valence-corrected chi connectivity index (χ0v) is 27.1. The van der Waals surface area contributed by atoms with E-state index in [2.05, 4.69) is 39.5 Å². The molecule has 3 aromatic rings. The van der Waals surface area contributed by atoms with Gasteiger partial charge in [-0.2, -0.15) is 5.26 Å². The molecule has 2 amide bonds. The van der Waals surface area contributed by atoms with Gasteiger partial charge in [0.25, 0.3) is 0 Å². The number of ether oxygens (including phenoxy) is 2. The van der Waals surface area contributed by atoms with Crippen LogP contribution in [0.25, 0.3) is 17.2 Å². The fraction of sp³-hybridized carbons (Fsp3) is 0.359. The van der Waals surface area contributed by atoms with Gasteiger partial charge in [0, 0.05) is 57.9 Å². The summed E-state index contributed by atoms with van der Waals surface area (Å²) in [6.07, 6.45) is 8.16. The van der Waals surface area contributed by atoms with Crippen LogP contribution in [0.4, 0.5) is 0 Å². The Morgan fingerprint density at radius 2 is 1.39 bits per heavy atom. The van der Waals surface area contributed by atoms with Gasteiger partial charge in [0.2, 0.25) is 11.8 Å². The zero-order valence-electron chi connectivity index (χ0n) is 27.1. The van der Waals surface area contributed by atoms with Crippen molar-refractivity contribution < 1.29 is 19.1 Å². The monoisotopic (exact) mass is 617 g/mol. The average molecular weight is 618 g/mol. The SMILES string of the molecule is C=CC(=O)N1CCC(Oc2ccc(/C=C/C(=O)N3CCC(Oc4ccc(-c5ccccc5C#N)cc4)CC3)c(C(C)(C)C)c2)CC1. The first kappa shape index (κ1) is 32.6. The third-order valence-corrected chi connectivity index (χ3v) is 8.74. The summed E-state index contributed by atoms with van der Waals surface area (Å²) in [5, 5.41) is 9.41. The lowest BCUT2D eigenvalue weighted by molar-refractivity contribution is -0.128. The molecule has 2 aliphatic heterocycles. The molecule has 0 aromatic heterocycles. The number of nitriles is 1. The summed E-state index contributed by atoms with van der Waals surface area (Å²) in [5.41, 5.74) is 4.50. The van der Waals surface area contributed by atoms with Gasteiger partial charge >= 0.3 is 0 Å². The van der Waals surface area contributed by atoms with Crippen molar-refractivity contribution in [2.75, 3.05) is 26.2 Å². The molecule has 0 N–H and O–H groups in total. The van der Waals surface area contributed by atoms with Gasteiger partial charge in [0.15, 0.2) is 0 Å². The van der Waals surface area contributed by atoms with Crippen molar-refractivity contribution in [1.82, 2.24) is 9.80 Å². The predicted molar refractivity (Wildman–Crippen MR) is 181 cm³/mol. The van der Waals surface area contributed by atoms with Crippen LogP contribution in [0.15, 0.2) is 85.5 Å². The minimum Gasteiger partial charge on any atom is -0.490 e. The smallest absolute Gasteiger partial charge is 0.246 e. The standard InChI is InChI=1S/C39H43N3O4/c1-5-37(43)41-22-18-33(19-23-41)46-34-16-12-29(36(26-34)39(2,3)4)13-17-38(44)42-24-20-32(21-25-42)45-31-14-10-28(11-15-31)35-9-7-6-8-30(35)27-40/h5-17,26,32-33H,1,18-25H2,2-4H3/b17-13+. The molecule has 7 nitrogen and oxygen atoms in total. The molecule has 2 aliphatic rings. The van der Waals surface area contributed by atoms with Crippen molar-refractivity contribution in [2.45, 2.75) is 64.1 Å². The second-order valence-electron chi connectivity index (χ2n) is 13.0. The summed E-state index contributed by atoms with van der Waals surface area (Å²) in [5.74, 6) is 1.57. The number of carbonyl (C=O) groups excluding carboxylic acids is 2. The van der Waals surface area contributed by atoms with Crippen molar-refractivity contribution in [2.24, 2.45) is 0 Å². The van der Waals surface area contributed by atoms with E-state index >= 15 is 0 Å². The lowest BCUT2D eigenvalue weighted by atomic mass is 9.83. The summed E-state index contributed by atoms with van der Waals surface area (Å²) in [6.45, 7) is 12.7. The molecule has 0 saturated carbocycles. The first-order valence-electron chi connectivity index (χ1n) is 16.1. The van der Waals surface area contributed by atoms with Gasteiger partial charge < -0.3 is 19.3 Å². The summed E-state index contributed by atoms with van der Waals surface area (Å²) in [7, 11) is 0. The first-order valence-corrected chi connectivity index (χ1v) is 16.1. The molecule has 238 valence electrons. The van der Waals surface area contributed by atoms with Crippen LogP contribution in [0.2, 0.25) is 0 Å². The Kier molecular flexibility index (Phi) is 10.3. The van der Waals surface area contributed by atoms with Gasteiger partial charge in [-0.25, -0.2) is 0 Å². The second kappa shape index (κ2) is 14.5. The highest BCUT2D eigenvalue weighted by Gasteiger charge is 2.25. The number of benzene rings is 3. The van der Waals surface area contributed by atoms with E-state index < -0.39 is 0 Å². The van der Waals surface area contributed by atoms with Crippen LogP contribution < -0.4 is 9.47 Å². The van der Waals surface area contributed by atoms with Crippen molar-refractivity contribution >= 4 is 17.9 Å². The van der Waals surface area contributed by atoms with E-state index in [0.29, 0.717) is 31.7 Å². The maximum Gasteiger partial charge on any atom is 0.246 e. The minimum atomic E-state index is -0.144. The number of likely N-dealkylation sites (tertiary alicyclic amines) is 2. The van der Waals surface area contributed by atoms with E-state index in [0.717, 1.165) is 59.4 Å². The largest absolute Gasteiger partial charge is 0.490 e. The average Bonchev–Trinajstić information content (AvgIpc) is 3.07. The van der Waals surface area contributed by atoms with E-state index in [1.807, 2.05) is 76.5 Å². The minimum absolute atomic E-state index is 0.0000205. The van der Waals surface area contributed by atoms with Gasteiger partial charge in [-0.05, 0) is 70.2 Å². The highest BCUT2D eigenvalue weighted by molar-refractivity contribution is 5.92. The van der Waals surface area contributed by atoms with E-state index in [1.165, 1.54) is 6.08 Å². The Morgan fingerprint density at radius 3 is 1.98 bits per heavy atom. The molecule has 2 saturated heterocycles. The van der Waals surface area contributed by atoms with Crippen molar-refractivity contribution in [3.63, 3.8) is 0 Å². The van der Waals surface area contributed by atoms with Crippen LogP contribution in [-0.2, 0) is 15.0 Å². The molecular formula is C39H43N3O4. The van der Waals surface area contributed by atoms with Gasteiger partial charge in [-0.15, -0.1) is 0 Å². The van der Waals surface area contributed by atoms with Crippen molar-refractivity contribution in [1.29, 1.82) is 5.26 Å². The third-order valence-electron chi connectivity index (χ3n) is 8.74. The Hall–Kier alpha value is -4.83. The first-order chi connectivity index (χ1) is 22.1. The van der Waals surface area contributed by atoms with Crippen LogP contribution in [0.3, 0.4) is 0 Å². The second-order valence-corrected chi connectivity index (χ2v) is 13.0. The summed E-state index contributed by atoms with van der Waals surface area (Å²) < 4.78 is 12.6. The van der Waals surface area contributed by atoms with Crippen LogP contribution in [0.5, 0.6) is 11.5 Å². The molecule has 2 fully saturated rings. The zero-order chi connectivity index (χ0) is 32.7. The normalized spacial score (nSPS) is 16.2. The van der Waals surface area contributed by atoms with Crippen LogP contribution >= 0.6 is 0 Å². The number of amides is 2. The van der Waals surface area contributed by atoms with E-state index in [1.54, 1.807) is 6.08 Å². The predicted octanol–water partition coefficient (Wildman–Crippen LogP) is 7.16. The van der Waals surface area contributed by atoms with Crippen LogP contribution in [0.1, 0.15) is 63.1 Å². The molecule has 0 unspecified atom stereocenters. The molecule has 0 spiro atoms. The van der Waals surface area contributed by atoms with E-state index in [-0.39, 0.29) is 29.4 Å². The third kappa shape index (κ3) is 8.06. The summed E-state index contributed by atoms with van der Waals surface area (Å²) in [4.78, 5) is 28.8. The molecule has 0 aliphatic carbocycles. The summed E-state index contributed by atoms with van der Waals surface area (Å²) in [6, 6.07) is 23.8. The maximum absolute atomic E-state index is 13.2. The molecule has 46 heavy (non-hydrogen) atoms. The fourth-order valence-electron chi connectivity index (χ4n) is 6.12. The number of piperidine rings is 2. The van der Waals surface area contributed by atoms with Crippen molar-refractivity contribution in [3.8, 4) is 28.7 Å². The fourth-order valence-corrected chi connectivity index (χ4v) is 6.12. The van der Waals surface area contributed by atoms with Gasteiger partial charge in [-0.1, -0.05) is 63.7 Å². The van der Waals surface area contributed by atoms with Crippen molar-refractivity contribution in [3.05, 3.63) is 102 Å². The van der Waals surface area contributed by atoms with E-state index in [4.69, 9.17) is 9.47 Å². The molecule has 0 atom stereocenters. The number of hydrogen-bond acceptors (Lipinski definition) is 5. The maximum atomic E-state index is 13.2. The van der Waals surface area contributed by atoms with Gasteiger partial charge in [0.1, 0.15) is 23.7 Å². The Labute approximate surface area is 272 Å². The highest BCUT2D eigenvalue weighted by Crippen LogP contribution is 2.32. The number of rotatable bonds is 8. The van der Waals surface area contributed by atoms with Gasteiger partial charge in [-0.3, -0.25) is 9.59 Å². The molecule has 0 bridgehead atoms.